The van der Waals surface area contributed by atoms with Gasteiger partial charge in [-0.2, -0.15) is 0 Å². The standard InChI is InChI=1S/C21H27N5O3S.HI/c1-2-23-21(25-15-17-7-11-19(12-8-17)30(22,28)29)24-14-16-5-9-18(10-6-16)26-13-3-4-20(26)27;/h5-12H,2-4,13-15H2,1H3,(H2,22,28,29)(H2,23,24,25);1H. The molecule has 0 atom stereocenters. The molecule has 168 valence electrons. The average molecular weight is 557 g/mol. The Hall–Kier alpha value is -2.18. The maximum Gasteiger partial charge on any atom is 0.238 e. The summed E-state index contributed by atoms with van der Waals surface area (Å²) in [5, 5.41) is 11.5. The highest BCUT2D eigenvalue weighted by Gasteiger charge is 2.21. The first kappa shape index (κ1) is 25.1. The minimum absolute atomic E-state index is 0. The fraction of sp³-hybridized carbons (Fsp3) is 0.333. The van der Waals surface area contributed by atoms with E-state index in [0.29, 0.717) is 32.0 Å². The molecule has 1 heterocycles. The molecule has 0 bridgehead atoms. The molecule has 2 aromatic carbocycles. The van der Waals surface area contributed by atoms with E-state index in [1.165, 1.54) is 12.1 Å². The number of anilines is 1. The van der Waals surface area contributed by atoms with Crippen LogP contribution in [0.25, 0.3) is 0 Å². The molecule has 0 aromatic heterocycles. The molecule has 3 rings (SSSR count). The number of hydrogen-bond donors (Lipinski definition) is 3. The smallest absolute Gasteiger partial charge is 0.238 e. The van der Waals surface area contributed by atoms with E-state index in [1.54, 1.807) is 12.1 Å². The van der Waals surface area contributed by atoms with Crippen LogP contribution >= 0.6 is 24.0 Å². The van der Waals surface area contributed by atoms with Gasteiger partial charge in [0, 0.05) is 31.7 Å². The fourth-order valence-electron chi connectivity index (χ4n) is 3.20. The van der Waals surface area contributed by atoms with Gasteiger partial charge in [0.05, 0.1) is 11.4 Å². The van der Waals surface area contributed by atoms with Crippen LogP contribution in [0, 0.1) is 0 Å². The molecular formula is C21H28IN5O3S. The summed E-state index contributed by atoms with van der Waals surface area (Å²) in [7, 11) is -3.69. The van der Waals surface area contributed by atoms with Crippen molar-refractivity contribution in [1.82, 2.24) is 10.6 Å². The lowest BCUT2D eigenvalue weighted by atomic mass is 10.2. The number of halogens is 1. The van der Waals surface area contributed by atoms with Gasteiger partial charge in [-0.05, 0) is 48.7 Å². The van der Waals surface area contributed by atoms with E-state index in [4.69, 9.17) is 5.14 Å². The third-order valence-corrected chi connectivity index (χ3v) is 5.73. The highest BCUT2D eigenvalue weighted by Crippen LogP contribution is 2.21. The summed E-state index contributed by atoms with van der Waals surface area (Å²) < 4.78 is 22.7. The predicted octanol–water partition coefficient (Wildman–Crippen LogP) is 2.33. The molecule has 2 aromatic rings. The van der Waals surface area contributed by atoms with Crippen LogP contribution in [0.1, 0.15) is 30.9 Å². The second kappa shape index (κ2) is 11.4. The Morgan fingerprint density at radius 3 is 2.26 bits per heavy atom. The van der Waals surface area contributed by atoms with Gasteiger partial charge in [0.25, 0.3) is 0 Å². The number of primary sulfonamides is 1. The summed E-state index contributed by atoms with van der Waals surface area (Å²) in [4.78, 5) is 18.4. The van der Waals surface area contributed by atoms with Gasteiger partial charge in [-0.3, -0.25) is 4.79 Å². The van der Waals surface area contributed by atoms with Crippen LogP contribution in [0.2, 0.25) is 0 Å². The predicted molar refractivity (Wildman–Crippen MR) is 133 cm³/mol. The summed E-state index contributed by atoms with van der Waals surface area (Å²) in [6.07, 6.45) is 1.53. The van der Waals surface area contributed by atoms with Crippen molar-refractivity contribution in [3.63, 3.8) is 0 Å². The Bertz CT molecular complexity index is 1010. The number of guanidine groups is 1. The van der Waals surface area contributed by atoms with Crippen molar-refractivity contribution in [2.45, 2.75) is 37.8 Å². The molecule has 10 heteroatoms. The van der Waals surface area contributed by atoms with Gasteiger partial charge in [0.15, 0.2) is 5.96 Å². The third kappa shape index (κ3) is 7.18. The number of nitrogens with zero attached hydrogens (tertiary/aromatic N) is 2. The van der Waals surface area contributed by atoms with Crippen molar-refractivity contribution >= 4 is 51.6 Å². The van der Waals surface area contributed by atoms with Crippen molar-refractivity contribution in [2.75, 3.05) is 18.0 Å². The normalized spacial score (nSPS) is 14.3. The second-order valence-electron chi connectivity index (χ2n) is 7.05. The Balaban J connectivity index is 0.00000341. The van der Waals surface area contributed by atoms with Gasteiger partial charge in [0.2, 0.25) is 15.9 Å². The molecule has 0 spiro atoms. The van der Waals surface area contributed by atoms with Crippen LogP contribution in [0.4, 0.5) is 5.69 Å². The lowest BCUT2D eigenvalue weighted by Gasteiger charge is -2.16. The van der Waals surface area contributed by atoms with Gasteiger partial charge in [0.1, 0.15) is 0 Å². The topological polar surface area (TPSA) is 117 Å². The van der Waals surface area contributed by atoms with Crippen molar-refractivity contribution in [3.8, 4) is 0 Å². The lowest BCUT2D eigenvalue weighted by molar-refractivity contribution is -0.117. The number of benzene rings is 2. The molecule has 1 aliphatic rings. The van der Waals surface area contributed by atoms with Gasteiger partial charge >= 0.3 is 0 Å². The maximum absolute atomic E-state index is 11.9. The molecule has 31 heavy (non-hydrogen) atoms. The highest BCUT2D eigenvalue weighted by atomic mass is 127. The molecule has 0 aliphatic carbocycles. The van der Waals surface area contributed by atoms with Crippen LogP contribution in [-0.2, 0) is 27.9 Å². The van der Waals surface area contributed by atoms with E-state index < -0.39 is 10.0 Å². The van der Waals surface area contributed by atoms with Crippen molar-refractivity contribution in [2.24, 2.45) is 10.1 Å². The van der Waals surface area contributed by atoms with E-state index in [9.17, 15) is 13.2 Å². The molecule has 4 N–H and O–H groups in total. The quantitative estimate of drug-likeness (QED) is 0.275. The summed E-state index contributed by atoms with van der Waals surface area (Å²) in [6, 6.07) is 14.3. The highest BCUT2D eigenvalue weighted by molar-refractivity contribution is 14.0. The van der Waals surface area contributed by atoms with E-state index >= 15 is 0 Å². The van der Waals surface area contributed by atoms with Crippen LogP contribution in [0.3, 0.4) is 0 Å². The average Bonchev–Trinajstić information content (AvgIpc) is 3.16. The largest absolute Gasteiger partial charge is 0.357 e. The zero-order valence-corrected chi connectivity index (χ0v) is 20.5. The van der Waals surface area contributed by atoms with E-state index in [0.717, 1.165) is 29.8 Å². The SMILES string of the molecule is CCNC(=NCc1ccc(N2CCCC2=O)cc1)NCc1ccc(S(N)(=O)=O)cc1.I. The monoisotopic (exact) mass is 557 g/mol. The number of amides is 1. The minimum atomic E-state index is -3.69. The fourth-order valence-corrected chi connectivity index (χ4v) is 3.71. The first-order valence-corrected chi connectivity index (χ1v) is 11.4. The van der Waals surface area contributed by atoms with E-state index in [-0.39, 0.29) is 34.8 Å². The van der Waals surface area contributed by atoms with Crippen molar-refractivity contribution < 1.29 is 13.2 Å². The molecule has 1 aliphatic heterocycles. The first-order valence-electron chi connectivity index (χ1n) is 9.90. The zero-order chi connectivity index (χ0) is 21.6. The van der Waals surface area contributed by atoms with Gasteiger partial charge in [-0.1, -0.05) is 24.3 Å². The van der Waals surface area contributed by atoms with Gasteiger partial charge in [-0.15, -0.1) is 24.0 Å². The molecule has 0 saturated carbocycles. The maximum atomic E-state index is 11.9. The molecule has 8 nitrogen and oxygen atoms in total. The summed E-state index contributed by atoms with van der Waals surface area (Å²) in [6.45, 7) is 4.47. The van der Waals surface area contributed by atoms with Crippen LogP contribution in [0.5, 0.6) is 0 Å². The molecular weight excluding hydrogens is 529 g/mol. The molecule has 1 amide bonds. The minimum Gasteiger partial charge on any atom is -0.357 e. The summed E-state index contributed by atoms with van der Waals surface area (Å²) >= 11 is 0. The Morgan fingerprint density at radius 1 is 1.06 bits per heavy atom. The number of nitrogens with one attached hydrogen (secondary N) is 2. The van der Waals surface area contributed by atoms with Crippen molar-refractivity contribution in [3.05, 3.63) is 59.7 Å². The Kier molecular flexibility index (Phi) is 9.26. The first-order chi connectivity index (χ1) is 14.4. The molecule has 0 radical (unpaired) electrons. The lowest BCUT2D eigenvalue weighted by Crippen LogP contribution is -2.36. The summed E-state index contributed by atoms with van der Waals surface area (Å²) in [5.74, 6) is 0.836. The number of carbonyl (C=O) groups excluding carboxylic acids is 1. The Morgan fingerprint density at radius 2 is 1.71 bits per heavy atom. The Labute approximate surface area is 200 Å². The molecule has 1 fully saturated rings. The number of nitrogens with two attached hydrogens (primary N) is 1. The second-order valence-corrected chi connectivity index (χ2v) is 8.61. The number of hydrogen-bond acceptors (Lipinski definition) is 4. The van der Waals surface area contributed by atoms with Crippen molar-refractivity contribution in [1.29, 1.82) is 0 Å². The number of aliphatic imine (C=N–C) groups is 1. The van der Waals surface area contributed by atoms with Gasteiger partial charge in [-0.25, -0.2) is 18.5 Å². The zero-order valence-electron chi connectivity index (χ0n) is 17.4. The third-order valence-electron chi connectivity index (χ3n) is 4.80. The number of rotatable bonds is 7. The van der Waals surface area contributed by atoms with E-state index in [1.807, 2.05) is 36.1 Å². The molecule has 0 unspecified atom stereocenters. The van der Waals surface area contributed by atoms with Crippen LogP contribution < -0.4 is 20.7 Å². The van der Waals surface area contributed by atoms with Gasteiger partial charge < -0.3 is 15.5 Å². The van der Waals surface area contributed by atoms with Crippen LogP contribution in [-0.4, -0.2) is 33.4 Å². The van der Waals surface area contributed by atoms with E-state index in [2.05, 4.69) is 15.6 Å². The number of sulfonamides is 1. The number of carbonyl (C=O) groups is 1. The molecule has 1 saturated heterocycles. The van der Waals surface area contributed by atoms with Crippen LogP contribution in [0.15, 0.2) is 58.4 Å². The summed E-state index contributed by atoms with van der Waals surface area (Å²) in [5.41, 5.74) is 2.88.